The Balaban J connectivity index is 1.18. The second-order valence-electron chi connectivity index (χ2n) is 11.6. The highest BCUT2D eigenvalue weighted by Crippen LogP contribution is 2.49. The van der Waals surface area contributed by atoms with Gasteiger partial charge in [0.2, 0.25) is 11.7 Å². The summed E-state index contributed by atoms with van der Waals surface area (Å²) in [4.78, 5) is 20.3. The molecule has 210 valence electrons. The van der Waals surface area contributed by atoms with Crippen molar-refractivity contribution in [1.29, 1.82) is 0 Å². The Morgan fingerprint density at radius 1 is 1.07 bits per heavy atom. The van der Waals surface area contributed by atoms with E-state index in [1.54, 1.807) is 6.92 Å². The fourth-order valence-electron chi connectivity index (χ4n) is 6.82. The van der Waals surface area contributed by atoms with Crippen LogP contribution in [0.4, 0.5) is 5.69 Å². The number of hydrogen-bond donors (Lipinski definition) is 2. The molecule has 1 aromatic heterocycles. The highest BCUT2D eigenvalue weighted by atomic mass is 16.5. The number of nitrogens with zero attached hydrogens (tertiary/aromatic N) is 3. The first kappa shape index (κ1) is 25.9. The Bertz CT molecular complexity index is 1620. The number of aryl methyl sites for hydroxylation is 2. The molecular formula is C33H34N4O4. The zero-order chi connectivity index (χ0) is 28.1. The fraction of sp³-hybridized carbons (Fsp3) is 0.364. The van der Waals surface area contributed by atoms with Crippen molar-refractivity contribution < 1.29 is 19.2 Å². The summed E-state index contributed by atoms with van der Waals surface area (Å²) >= 11 is 0. The van der Waals surface area contributed by atoms with Crippen LogP contribution in [0.5, 0.6) is 5.75 Å². The molecule has 1 unspecified atom stereocenters. The molecule has 1 saturated heterocycles. The van der Waals surface area contributed by atoms with Crippen molar-refractivity contribution in [1.82, 2.24) is 15.5 Å². The van der Waals surface area contributed by atoms with E-state index < -0.39 is 0 Å². The number of carbonyl (C=O) groups excluding carboxylic acids is 1. The molecule has 3 aromatic carbocycles. The smallest absolute Gasteiger partial charge is 0.258 e. The van der Waals surface area contributed by atoms with E-state index in [0.717, 1.165) is 71.6 Å². The first-order valence-electron chi connectivity index (χ1n) is 14.4. The lowest BCUT2D eigenvalue weighted by molar-refractivity contribution is 0.0976. The summed E-state index contributed by atoms with van der Waals surface area (Å²) in [6.07, 6.45) is 3.31. The third kappa shape index (κ3) is 4.42. The lowest BCUT2D eigenvalue weighted by Gasteiger charge is -2.33. The van der Waals surface area contributed by atoms with Gasteiger partial charge in [-0.25, -0.2) is 0 Å². The number of aromatic nitrogens is 2. The molecule has 0 aliphatic carbocycles. The van der Waals surface area contributed by atoms with Gasteiger partial charge in [-0.1, -0.05) is 29.4 Å². The van der Waals surface area contributed by atoms with Crippen LogP contribution in [0.1, 0.15) is 52.2 Å². The third-order valence-corrected chi connectivity index (χ3v) is 9.03. The van der Waals surface area contributed by atoms with Crippen LogP contribution in [0.25, 0.3) is 22.5 Å². The Labute approximate surface area is 239 Å². The van der Waals surface area contributed by atoms with Gasteiger partial charge in [0.15, 0.2) is 0 Å². The molecule has 0 bridgehead atoms. The van der Waals surface area contributed by atoms with E-state index in [2.05, 4.69) is 46.6 Å². The molecule has 7 rings (SSSR count). The summed E-state index contributed by atoms with van der Waals surface area (Å²) in [5.74, 6) is 2.03. The summed E-state index contributed by atoms with van der Waals surface area (Å²) in [5.41, 5.74) is 8.06. The predicted molar refractivity (Wildman–Crippen MR) is 156 cm³/mol. The largest absolute Gasteiger partial charge is 0.492 e. The Kier molecular flexibility index (Phi) is 6.40. The first-order valence-corrected chi connectivity index (χ1v) is 14.4. The number of ether oxygens (including phenoxy) is 1. The molecule has 1 atom stereocenters. The topological polar surface area (TPSA) is 101 Å². The molecule has 1 spiro atoms. The van der Waals surface area contributed by atoms with E-state index >= 15 is 0 Å². The molecule has 41 heavy (non-hydrogen) atoms. The average molecular weight is 551 g/mol. The highest BCUT2D eigenvalue weighted by Gasteiger charge is 2.44. The molecule has 8 nitrogen and oxygen atoms in total. The third-order valence-electron chi connectivity index (χ3n) is 9.03. The minimum Gasteiger partial charge on any atom is -0.492 e. The van der Waals surface area contributed by atoms with Gasteiger partial charge >= 0.3 is 0 Å². The quantitative estimate of drug-likeness (QED) is 0.361. The number of aliphatic hydroxyl groups excluding tert-OH is 1. The standard InChI is InChI=1S/C33H34N4O4/c1-20-15-24(31-35-21(2)41-36-31)7-8-27(20)22-3-5-23(6-4-22)32(39)37-26(9-14-38)16-25-17-30-28(18-29(25)37)33(19-40-30)10-12-34-13-11-33/h3-8,15,17-18,26,34,38H,9-14,16,19H2,1-2H3. The van der Waals surface area contributed by atoms with E-state index in [1.165, 1.54) is 5.56 Å². The SMILES string of the molecule is Cc1nc(-c2ccc(-c3ccc(C(=O)N4c5cc6c(cc5CC4CCO)OCC64CCNCC4)cc3)c(C)c2)no1. The van der Waals surface area contributed by atoms with Crippen molar-refractivity contribution in [2.75, 3.05) is 31.2 Å². The van der Waals surface area contributed by atoms with Gasteiger partial charge in [0, 0.05) is 47.4 Å². The van der Waals surface area contributed by atoms with Crippen molar-refractivity contribution >= 4 is 11.6 Å². The number of carbonyl (C=O) groups is 1. The molecule has 3 aliphatic rings. The average Bonchev–Trinajstić information content (AvgIpc) is 3.68. The van der Waals surface area contributed by atoms with E-state index in [0.29, 0.717) is 30.3 Å². The molecule has 1 amide bonds. The maximum absolute atomic E-state index is 14.1. The van der Waals surface area contributed by atoms with Crippen molar-refractivity contribution in [2.24, 2.45) is 0 Å². The van der Waals surface area contributed by atoms with Crippen molar-refractivity contribution in [3.05, 3.63) is 82.7 Å². The van der Waals surface area contributed by atoms with Gasteiger partial charge in [0.05, 0.1) is 6.61 Å². The van der Waals surface area contributed by atoms with E-state index in [4.69, 9.17) is 9.26 Å². The molecule has 8 heteroatoms. The maximum atomic E-state index is 14.1. The van der Waals surface area contributed by atoms with Gasteiger partial charge in [0.25, 0.3) is 5.91 Å². The zero-order valence-electron chi connectivity index (χ0n) is 23.4. The van der Waals surface area contributed by atoms with Crippen molar-refractivity contribution in [2.45, 2.75) is 51.0 Å². The minimum atomic E-state index is -0.0859. The summed E-state index contributed by atoms with van der Waals surface area (Å²) in [6, 6.07) is 18.2. The second kappa shape index (κ2) is 10.1. The number of nitrogens with one attached hydrogen (secondary N) is 1. The number of benzene rings is 3. The first-order chi connectivity index (χ1) is 20.0. The van der Waals surface area contributed by atoms with Crippen LogP contribution >= 0.6 is 0 Å². The molecule has 4 heterocycles. The molecule has 2 N–H and O–H groups in total. The fourth-order valence-corrected chi connectivity index (χ4v) is 6.82. The van der Waals surface area contributed by atoms with Crippen LogP contribution < -0.4 is 15.0 Å². The van der Waals surface area contributed by atoms with E-state index in [9.17, 15) is 9.90 Å². The van der Waals surface area contributed by atoms with Gasteiger partial charge in [-0.15, -0.1) is 0 Å². The Morgan fingerprint density at radius 3 is 2.56 bits per heavy atom. The number of hydrogen-bond acceptors (Lipinski definition) is 7. The van der Waals surface area contributed by atoms with Crippen molar-refractivity contribution in [3.63, 3.8) is 0 Å². The number of rotatable bonds is 5. The molecule has 0 radical (unpaired) electrons. The molecule has 0 saturated carbocycles. The number of piperidine rings is 1. The number of aliphatic hydroxyl groups is 1. The zero-order valence-corrected chi connectivity index (χ0v) is 23.4. The van der Waals surface area contributed by atoms with Crippen molar-refractivity contribution in [3.8, 4) is 28.3 Å². The molecule has 1 fully saturated rings. The van der Waals surface area contributed by atoms with Gasteiger partial charge in [-0.05, 0) is 98.3 Å². The summed E-state index contributed by atoms with van der Waals surface area (Å²) in [5, 5.41) is 17.3. The van der Waals surface area contributed by atoms with E-state index in [1.807, 2.05) is 35.2 Å². The van der Waals surface area contributed by atoms with Gasteiger partial charge < -0.3 is 24.6 Å². The summed E-state index contributed by atoms with van der Waals surface area (Å²) in [7, 11) is 0. The number of anilines is 1. The number of fused-ring (bicyclic) bond motifs is 3. The monoisotopic (exact) mass is 550 g/mol. The summed E-state index contributed by atoms with van der Waals surface area (Å²) < 4.78 is 11.3. The minimum absolute atomic E-state index is 0.0109. The highest BCUT2D eigenvalue weighted by molar-refractivity contribution is 6.08. The van der Waals surface area contributed by atoms with Gasteiger partial charge in [0.1, 0.15) is 5.75 Å². The Morgan fingerprint density at radius 2 is 1.85 bits per heavy atom. The lowest BCUT2D eigenvalue weighted by Crippen LogP contribution is -2.41. The summed E-state index contributed by atoms with van der Waals surface area (Å²) in [6.45, 7) is 6.52. The lowest BCUT2D eigenvalue weighted by atomic mass is 9.74. The van der Waals surface area contributed by atoms with Gasteiger partial charge in [-0.3, -0.25) is 4.79 Å². The maximum Gasteiger partial charge on any atom is 0.258 e. The van der Waals surface area contributed by atoms with Crippen LogP contribution in [0.3, 0.4) is 0 Å². The Hall–Kier alpha value is -4.01. The van der Waals surface area contributed by atoms with Crippen LogP contribution in [0.15, 0.2) is 59.1 Å². The van der Waals surface area contributed by atoms with E-state index in [-0.39, 0.29) is 24.0 Å². The van der Waals surface area contributed by atoms with Crippen LogP contribution in [0, 0.1) is 13.8 Å². The molecular weight excluding hydrogens is 516 g/mol. The van der Waals surface area contributed by atoms with Crippen LogP contribution in [-0.2, 0) is 11.8 Å². The van der Waals surface area contributed by atoms with Gasteiger partial charge in [-0.2, -0.15) is 4.98 Å². The second-order valence-corrected chi connectivity index (χ2v) is 11.6. The van der Waals surface area contributed by atoms with Crippen LogP contribution in [0.2, 0.25) is 0 Å². The molecule has 4 aromatic rings. The normalized spacial score (nSPS) is 18.8. The number of amides is 1. The van der Waals surface area contributed by atoms with Crippen LogP contribution in [-0.4, -0.2) is 53.5 Å². The predicted octanol–water partition coefficient (Wildman–Crippen LogP) is 4.99. The molecule has 3 aliphatic heterocycles.